The highest BCUT2D eigenvalue weighted by Gasteiger charge is 2.39. The lowest BCUT2D eigenvalue weighted by atomic mass is 10.2. The summed E-state index contributed by atoms with van der Waals surface area (Å²) in [5, 5.41) is 0.255. The third-order valence-electron chi connectivity index (χ3n) is 3.76. The van der Waals surface area contributed by atoms with Gasteiger partial charge in [-0.1, -0.05) is 20.8 Å². The molecule has 0 aliphatic carbocycles. The maximum Gasteiger partial charge on any atom is 0.485 e. The Balaban J connectivity index is 0.000000609. The quantitative estimate of drug-likeness (QED) is 0.317. The van der Waals surface area contributed by atoms with Crippen molar-refractivity contribution >= 4 is 29.3 Å². The van der Waals surface area contributed by atoms with Gasteiger partial charge in [-0.25, -0.2) is 8.42 Å². The van der Waals surface area contributed by atoms with Crippen molar-refractivity contribution in [1.29, 1.82) is 0 Å². The average molecular weight is 419 g/mol. The fourth-order valence-electron chi connectivity index (χ4n) is 1.23. The van der Waals surface area contributed by atoms with E-state index in [1.807, 2.05) is 0 Å². The molecule has 10 heteroatoms. The Morgan fingerprint density at radius 1 is 1.04 bits per heavy atom. The van der Waals surface area contributed by atoms with E-state index >= 15 is 0 Å². The fraction of sp³-hybridized carbons (Fsp3) is 0.600. The molecule has 0 bridgehead atoms. The second-order valence-electron chi connectivity index (χ2n) is 7.05. The molecule has 0 unspecified atom stereocenters. The van der Waals surface area contributed by atoms with Crippen molar-refractivity contribution in [3.05, 3.63) is 24.3 Å². The number of hydrogen-bond acceptors (Lipinski definition) is 4. The normalized spacial score (nSPS) is 13.3. The van der Waals surface area contributed by atoms with Gasteiger partial charge in [0.15, 0.2) is 15.0 Å². The van der Waals surface area contributed by atoms with E-state index in [0.717, 1.165) is 5.75 Å². The van der Waals surface area contributed by atoms with Crippen LogP contribution in [0.4, 0.5) is 13.2 Å². The van der Waals surface area contributed by atoms with Crippen LogP contribution in [0.5, 0.6) is 5.75 Å². The van der Waals surface area contributed by atoms with Gasteiger partial charge in [0.2, 0.25) is 8.32 Å². The van der Waals surface area contributed by atoms with Crippen LogP contribution in [0.15, 0.2) is 29.2 Å². The van der Waals surface area contributed by atoms with Crippen molar-refractivity contribution in [3.63, 3.8) is 0 Å². The van der Waals surface area contributed by atoms with Crippen molar-refractivity contribution in [2.24, 2.45) is 0 Å². The molecule has 0 amide bonds. The van der Waals surface area contributed by atoms with Crippen LogP contribution in [0, 0.1) is 0 Å². The van der Waals surface area contributed by atoms with E-state index < -0.39 is 23.9 Å². The first-order chi connectivity index (χ1) is 10.9. The van der Waals surface area contributed by atoms with Gasteiger partial charge in [-0.3, -0.25) is 0 Å². The molecule has 0 aromatic heterocycles. The highest BCUT2D eigenvalue weighted by Crippen LogP contribution is 2.37. The van der Waals surface area contributed by atoms with Gasteiger partial charge in [-0.2, -0.15) is 13.2 Å². The zero-order valence-electron chi connectivity index (χ0n) is 15.4. The Hall–Kier alpha value is -0.713. The lowest BCUT2D eigenvalue weighted by Crippen LogP contribution is -2.43. The van der Waals surface area contributed by atoms with Crippen molar-refractivity contribution in [2.75, 3.05) is 12.5 Å². The van der Waals surface area contributed by atoms with Crippen LogP contribution in [-0.2, 0) is 21.0 Å². The minimum Gasteiger partial charge on any atom is -0.741 e. The number of rotatable bonds is 3. The SMILES string of the molecule is C[S+](C)c1ccc(O[Si](C)(C)C(C)(C)C)cc1.O=S(=O)([O-])C(F)(F)F. The van der Waals surface area contributed by atoms with Gasteiger partial charge >= 0.3 is 5.51 Å². The van der Waals surface area contributed by atoms with Gasteiger partial charge in [-0.05, 0) is 42.4 Å². The molecule has 0 radical (unpaired) electrons. The molecule has 0 heterocycles. The molecule has 1 rings (SSSR count). The van der Waals surface area contributed by atoms with Crippen LogP contribution in [0.25, 0.3) is 0 Å². The van der Waals surface area contributed by atoms with E-state index in [4.69, 9.17) is 17.4 Å². The third kappa shape index (κ3) is 8.01. The van der Waals surface area contributed by atoms with Crippen LogP contribution >= 0.6 is 0 Å². The summed E-state index contributed by atoms with van der Waals surface area (Å²) in [5.41, 5.74) is -5.65. The molecule has 4 nitrogen and oxygen atoms in total. The van der Waals surface area contributed by atoms with Crippen LogP contribution in [0.2, 0.25) is 18.1 Å². The Morgan fingerprint density at radius 2 is 1.40 bits per heavy atom. The molecule has 1 aromatic carbocycles. The van der Waals surface area contributed by atoms with Gasteiger partial charge in [0.25, 0.3) is 0 Å². The first kappa shape index (κ1) is 24.3. The Bertz CT molecular complexity index is 649. The molecular formula is C15H25F3O4S2Si. The molecular weight excluding hydrogens is 393 g/mol. The molecule has 0 aliphatic rings. The highest BCUT2D eigenvalue weighted by atomic mass is 32.2. The van der Waals surface area contributed by atoms with Gasteiger partial charge in [0, 0.05) is 10.9 Å². The molecule has 0 N–H and O–H groups in total. The predicted molar refractivity (Wildman–Crippen MR) is 97.5 cm³/mol. The van der Waals surface area contributed by atoms with Crippen molar-refractivity contribution in [2.45, 2.75) is 49.3 Å². The van der Waals surface area contributed by atoms with E-state index in [9.17, 15) is 13.2 Å². The topological polar surface area (TPSA) is 66.4 Å². The van der Waals surface area contributed by atoms with Gasteiger partial charge in [0.05, 0.1) is 0 Å². The van der Waals surface area contributed by atoms with Crippen molar-refractivity contribution < 1.29 is 30.6 Å². The molecule has 0 fully saturated rings. The van der Waals surface area contributed by atoms with Crippen LogP contribution < -0.4 is 4.43 Å². The highest BCUT2D eigenvalue weighted by molar-refractivity contribution is 7.95. The van der Waals surface area contributed by atoms with Crippen LogP contribution in [0.3, 0.4) is 0 Å². The minimum absolute atomic E-state index is 0.255. The van der Waals surface area contributed by atoms with Gasteiger partial charge < -0.3 is 8.98 Å². The Kier molecular flexibility index (Phi) is 8.08. The lowest BCUT2D eigenvalue weighted by molar-refractivity contribution is -0.0517. The zero-order chi connectivity index (χ0) is 20.3. The van der Waals surface area contributed by atoms with E-state index in [2.05, 4.69) is 70.6 Å². The molecule has 0 spiro atoms. The zero-order valence-corrected chi connectivity index (χ0v) is 18.0. The summed E-state index contributed by atoms with van der Waals surface area (Å²) in [6.07, 6.45) is 4.48. The monoisotopic (exact) mass is 418 g/mol. The maximum absolute atomic E-state index is 10.7. The Morgan fingerprint density at radius 3 is 1.64 bits per heavy atom. The second-order valence-corrected chi connectivity index (χ2v) is 15.3. The summed E-state index contributed by atoms with van der Waals surface area (Å²) >= 11 is 0. The summed E-state index contributed by atoms with van der Waals surface area (Å²) in [5.74, 6) is 1.02. The largest absolute Gasteiger partial charge is 0.741 e. The maximum atomic E-state index is 10.7. The first-order valence-electron chi connectivity index (χ1n) is 7.27. The number of halogens is 3. The minimum atomic E-state index is -6.09. The summed E-state index contributed by atoms with van der Waals surface area (Å²) in [6, 6.07) is 8.60. The summed E-state index contributed by atoms with van der Waals surface area (Å²) < 4.78 is 65.1. The van der Waals surface area contributed by atoms with Crippen LogP contribution in [-0.4, -0.2) is 39.3 Å². The molecule has 0 saturated carbocycles. The van der Waals surface area contributed by atoms with Crippen LogP contribution in [0.1, 0.15) is 20.8 Å². The number of benzene rings is 1. The molecule has 25 heavy (non-hydrogen) atoms. The average Bonchev–Trinajstić information content (AvgIpc) is 2.35. The molecule has 0 atom stereocenters. The number of alkyl halides is 3. The second kappa shape index (κ2) is 8.32. The van der Waals surface area contributed by atoms with E-state index in [1.165, 1.54) is 4.90 Å². The lowest BCUT2D eigenvalue weighted by Gasteiger charge is -2.36. The van der Waals surface area contributed by atoms with E-state index in [1.54, 1.807) is 0 Å². The fourth-order valence-corrected chi connectivity index (χ4v) is 2.94. The predicted octanol–water partition coefficient (Wildman–Crippen LogP) is 4.36. The smallest absolute Gasteiger partial charge is 0.485 e. The van der Waals surface area contributed by atoms with E-state index in [0.29, 0.717) is 10.9 Å². The Labute approximate surface area is 152 Å². The van der Waals surface area contributed by atoms with Gasteiger partial charge in [-0.15, -0.1) is 0 Å². The molecule has 146 valence electrons. The third-order valence-corrected chi connectivity index (χ3v) is 9.90. The summed E-state index contributed by atoms with van der Waals surface area (Å²) in [4.78, 5) is 1.40. The summed E-state index contributed by atoms with van der Waals surface area (Å²) in [7, 11) is -7.45. The van der Waals surface area contributed by atoms with Crippen molar-refractivity contribution in [3.8, 4) is 5.75 Å². The van der Waals surface area contributed by atoms with E-state index in [-0.39, 0.29) is 5.04 Å². The molecule has 0 aliphatic heterocycles. The summed E-state index contributed by atoms with van der Waals surface area (Å²) in [6.45, 7) is 11.4. The first-order valence-corrected chi connectivity index (χ1v) is 13.6. The molecule has 0 saturated heterocycles. The standard InChI is InChI=1S/C14H25OSSi.CHF3O3S/c1-14(2,3)17(6,7)15-12-8-10-13(11-9-12)16(4)5;2-1(3,4)8(5,6)7/h8-11H,1-7H3;(H,5,6,7)/q+1;/p-1. The number of hydrogen-bond donors (Lipinski definition) is 0. The van der Waals surface area contributed by atoms with Crippen molar-refractivity contribution in [1.82, 2.24) is 0 Å². The molecule has 1 aromatic rings. The van der Waals surface area contributed by atoms with Gasteiger partial charge in [0.1, 0.15) is 18.3 Å².